The van der Waals surface area contributed by atoms with Crippen molar-refractivity contribution in [3.63, 3.8) is 0 Å². The molecular formula is C19H23F2NO3S2. The first kappa shape index (κ1) is 21.7. The Kier molecular flexibility index (Phi) is 5.94. The average Bonchev–Trinajstić information content (AvgIpc) is 2.62. The molecule has 0 heterocycles. The van der Waals surface area contributed by atoms with Crippen molar-refractivity contribution in [2.45, 2.75) is 48.1 Å². The number of sulfone groups is 1. The highest BCUT2D eigenvalue weighted by Gasteiger charge is 2.62. The van der Waals surface area contributed by atoms with Crippen LogP contribution < -0.4 is 4.72 Å². The summed E-state index contributed by atoms with van der Waals surface area (Å²) in [7, 11) is -7.01. The number of nitrogens with one attached hydrogen (secondary N) is 1. The van der Waals surface area contributed by atoms with E-state index in [1.807, 2.05) is 0 Å². The number of halogens is 2. The number of hydrogen-bond donors (Lipinski definition) is 1. The van der Waals surface area contributed by atoms with Gasteiger partial charge in [0.1, 0.15) is 5.54 Å². The number of rotatable bonds is 6. The van der Waals surface area contributed by atoms with Gasteiger partial charge in [-0.25, -0.2) is 17.3 Å². The molecule has 0 aliphatic heterocycles. The molecule has 0 spiro atoms. The monoisotopic (exact) mass is 415 g/mol. The van der Waals surface area contributed by atoms with Gasteiger partial charge in [-0.2, -0.15) is 8.78 Å². The topological polar surface area (TPSA) is 63.2 Å². The maximum atomic E-state index is 15.6. The first-order valence-electron chi connectivity index (χ1n) is 8.27. The Morgan fingerprint density at radius 2 is 1.30 bits per heavy atom. The highest BCUT2D eigenvalue weighted by atomic mass is 32.2. The fourth-order valence-electron chi connectivity index (χ4n) is 2.41. The fraction of sp³-hybridized carbons (Fsp3) is 0.368. The van der Waals surface area contributed by atoms with Crippen molar-refractivity contribution in [3.8, 4) is 0 Å². The minimum atomic E-state index is -5.07. The summed E-state index contributed by atoms with van der Waals surface area (Å²) < 4.78 is 71.0. The van der Waals surface area contributed by atoms with E-state index in [1.54, 1.807) is 32.9 Å². The minimum Gasteiger partial charge on any atom is -0.242 e. The maximum absolute atomic E-state index is 15.6. The van der Waals surface area contributed by atoms with Gasteiger partial charge in [0.25, 0.3) is 0 Å². The summed E-state index contributed by atoms with van der Waals surface area (Å²) >= 11 is 0. The molecule has 1 N–H and O–H groups in total. The molecule has 0 aliphatic rings. The molecule has 0 bridgehead atoms. The molecule has 27 heavy (non-hydrogen) atoms. The van der Waals surface area contributed by atoms with Crippen molar-refractivity contribution >= 4 is 20.8 Å². The molecule has 0 saturated heterocycles. The predicted octanol–water partition coefficient (Wildman–Crippen LogP) is 4.02. The van der Waals surface area contributed by atoms with E-state index in [0.717, 1.165) is 19.1 Å². The van der Waals surface area contributed by atoms with Gasteiger partial charge in [0.15, 0.2) is 0 Å². The van der Waals surface area contributed by atoms with E-state index < -0.39 is 41.3 Å². The van der Waals surface area contributed by atoms with E-state index >= 15 is 8.78 Å². The molecule has 0 saturated carbocycles. The molecule has 0 amide bonds. The third kappa shape index (κ3) is 3.97. The Morgan fingerprint density at radius 1 is 0.852 bits per heavy atom. The zero-order chi connectivity index (χ0) is 20.5. The van der Waals surface area contributed by atoms with Gasteiger partial charge in [-0.3, -0.25) is 0 Å². The van der Waals surface area contributed by atoms with Gasteiger partial charge < -0.3 is 0 Å². The zero-order valence-electron chi connectivity index (χ0n) is 15.6. The van der Waals surface area contributed by atoms with Crippen LogP contribution in [0.15, 0.2) is 65.6 Å². The number of benzene rings is 2. The Morgan fingerprint density at radius 3 is 1.74 bits per heavy atom. The summed E-state index contributed by atoms with van der Waals surface area (Å²) in [5, 5.41) is -4.27. The molecule has 2 atom stereocenters. The van der Waals surface area contributed by atoms with E-state index in [0.29, 0.717) is 0 Å². The lowest BCUT2D eigenvalue weighted by atomic mass is 9.93. The van der Waals surface area contributed by atoms with E-state index in [1.165, 1.54) is 36.4 Å². The summed E-state index contributed by atoms with van der Waals surface area (Å²) in [6.07, 6.45) is 0. The second kappa shape index (κ2) is 7.41. The van der Waals surface area contributed by atoms with Crippen LogP contribution in [0.1, 0.15) is 33.3 Å². The number of alkyl halides is 2. The van der Waals surface area contributed by atoms with Crippen molar-refractivity contribution in [2.75, 3.05) is 0 Å². The summed E-state index contributed by atoms with van der Waals surface area (Å²) in [6.45, 7) is 5.91. The van der Waals surface area contributed by atoms with Crippen LogP contribution in [-0.4, -0.2) is 22.6 Å². The predicted molar refractivity (Wildman–Crippen MR) is 103 cm³/mol. The Labute approximate surface area is 161 Å². The van der Waals surface area contributed by atoms with Gasteiger partial charge in [-0.1, -0.05) is 48.5 Å². The van der Waals surface area contributed by atoms with Gasteiger partial charge in [-0.15, -0.1) is 0 Å². The summed E-state index contributed by atoms with van der Waals surface area (Å²) in [5.74, 6) is 0. The van der Waals surface area contributed by atoms with Gasteiger partial charge in [0.2, 0.25) is 9.84 Å². The molecule has 8 heteroatoms. The molecule has 1 unspecified atom stereocenters. The van der Waals surface area contributed by atoms with Gasteiger partial charge in [0, 0.05) is 0 Å². The molecule has 148 valence electrons. The second-order valence-corrected chi connectivity index (χ2v) is 11.3. The van der Waals surface area contributed by atoms with Gasteiger partial charge >= 0.3 is 5.25 Å². The maximum Gasteiger partial charge on any atom is 0.372 e. The van der Waals surface area contributed by atoms with Crippen LogP contribution >= 0.6 is 0 Å². The molecule has 0 radical (unpaired) electrons. The highest BCUT2D eigenvalue weighted by Crippen LogP contribution is 2.45. The van der Waals surface area contributed by atoms with E-state index in [-0.39, 0.29) is 5.56 Å². The first-order chi connectivity index (χ1) is 12.3. The molecular weight excluding hydrogens is 392 g/mol. The van der Waals surface area contributed by atoms with Crippen LogP contribution in [0.4, 0.5) is 8.78 Å². The third-order valence-corrected chi connectivity index (χ3v) is 7.86. The van der Waals surface area contributed by atoms with Crippen molar-refractivity contribution in [2.24, 2.45) is 0 Å². The molecule has 2 aromatic carbocycles. The molecule has 4 nitrogen and oxygen atoms in total. The number of hydrogen-bond acceptors (Lipinski definition) is 3. The smallest absolute Gasteiger partial charge is 0.242 e. The van der Waals surface area contributed by atoms with E-state index in [4.69, 9.17) is 0 Å². The normalized spacial score (nSPS) is 16.5. The molecule has 2 aromatic rings. The summed E-state index contributed by atoms with van der Waals surface area (Å²) in [6, 6.07) is 14.0. The quantitative estimate of drug-likeness (QED) is 0.775. The van der Waals surface area contributed by atoms with Crippen LogP contribution in [0.25, 0.3) is 0 Å². The zero-order valence-corrected chi connectivity index (χ0v) is 17.2. The third-order valence-electron chi connectivity index (χ3n) is 4.18. The summed E-state index contributed by atoms with van der Waals surface area (Å²) in [4.78, 5) is -0.500. The van der Waals surface area contributed by atoms with E-state index in [9.17, 15) is 12.6 Å². The molecule has 0 aromatic heterocycles. The average molecular weight is 416 g/mol. The summed E-state index contributed by atoms with van der Waals surface area (Å²) in [5.41, 5.74) is -2.40. The van der Waals surface area contributed by atoms with Crippen molar-refractivity contribution in [1.29, 1.82) is 0 Å². The lowest BCUT2D eigenvalue weighted by Crippen LogP contribution is -2.59. The second-order valence-electron chi connectivity index (χ2n) is 7.31. The van der Waals surface area contributed by atoms with Crippen molar-refractivity contribution < 1.29 is 21.4 Å². The Balaban J connectivity index is 2.67. The fourth-order valence-corrected chi connectivity index (χ4v) is 4.92. The van der Waals surface area contributed by atoms with Crippen LogP contribution in [0.2, 0.25) is 0 Å². The van der Waals surface area contributed by atoms with Crippen LogP contribution in [0.3, 0.4) is 0 Å². The standard InChI is InChI=1S/C19H23F2NO3S2/c1-17(2,3)26(23)22-18(4,15-11-7-5-8-12-15)19(20,21)27(24,25)16-13-9-6-10-14-16/h5-14,22H,1-4H3/t18-,26?/m1/s1. The lowest BCUT2D eigenvalue weighted by Gasteiger charge is -2.39. The Bertz CT molecular complexity index is 911. The minimum absolute atomic E-state index is 0.0205. The lowest BCUT2D eigenvalue weighted by molar-refractivity contribution is 0.00385. The van der Waals surface area contributed by atoms with Crippen LogP contribution in [0.5, 0.6) is 0 Å². The SMILES string of the molecule is CC(C)(C)S(=O)N[C@](C)(c1ccccc1)C(F)(F)S(=O)(=O)c1ccccc1. The molecule has 0 aliphatic carbocycles. The van der Waals surface area contributed by atoms with Gasteiger partial charge in [-0.05, 0) is 45.4 Å². The largest absolute Gasteiger partial charge is 0.372 e. The molecule has 0 fully saturated rings. The first-order valence-corrected chi connectivity index (χ1v) is 10.9. The van der Waals surface area contributed by atoms with Gasteiger partial charge in [0.05, 0.1) is 20.6 Å². The van der Waals surface area contributed by atoms with Crippen LogP contribution in [0, 0.1) is 0 Å². The van der Waals surface area contributed by atoms with Crippen molar-refractivity contribution in [3.05, 3.63) is 66.2 Å². The van der Waals surface area contributed by atoms with E-state index in [2.05, 4.69) is 4.72 Å². The highest BCUT2D eigenvalue weighted by molar-refractivity contribution is 7.92. The Hall–Kier alpha value is -1.64. The van der Waals surface area contributed by atoms with Crippen molar-refractivity contribution in [1.82, 2.24) is 4.72 Å². The van der Waals surface area contributed by atoms with Crippen LogP contribution in [-0.2, 0) is 26.4 Å². The molecule has 2 rings (SSSR count).